The van der Waals surface area contributed by atoms with Gasteiger partial charge in [-0.1, -0.05) is 13.8 Å². The molecule has 0 fully saturated rings. The standard InChI is InChI=1S/C13H17FN2O/c1-9(2)13(8-17-3)16-11-5-4-10(7-15)12(14)6-11/h4-6,9,13,16H,8H2,1-3H3. The van der Waals surface area contributed by atoms with E-state index < -0.39 is 5.82 Å². The summed E-state index contributed by atoms with van der Waals surface area (Å²) >= 11 is 0. The second kappa shape index (κ2) is 6.21. The van der Waals surface area contributed by atoms with Gasteiger partial charge in [-0.2, -0.15) is 5.26 Å². The molecule has 17 heavy (non-hydrogen) atoms. The Morgan fingerprint density at radius 3 is 2.65 bits per heavy atom. The highest BCUT2D eigenvalue weighted by Crippen LogP contribution is 2.17. The zero-order valence-corrected chi connectivity index (χ0v) is 10.3. The molecule has 0 aliphatic rings. The van der Waals surface area contributed by atoms with Gasteiger partial charge >= 0.3 is 0 Å². The summed E-state index contributed by atoms with van der Waals surface area (Å²) in [4.78, 5) is 0. The molecule has 0 saturated carbocycles. The van der Waals surface area contributed by atoms with Crippen LogP contribution in [0.2, 0.25) is 0 Å². The van der Waals surface area contributed by atoms with Crippen LogP contribution in [0.1, 0.15) is 19.4 Å². The zero-order chi connectivity index (χ0) is 12.8. The Morgan fingerprint density at radius 1 is 1.47 bits per heavy atom. The van der Waals surface area contributed by atoms with Crippen LogP contribution in [0.15, 0.2) is 18.2 Å². The van der Waals surface area contributed by atoms with Crippen molar-refractivity contribution < 1.29 is 9.13 Å². The van der Waals surface area contributed by atoms with Gasteiger partial charge in [0.25, 0.3) is 0 Å². The normalized spacial score (nSPS) is 12.2. The minimum Gasteiger partial charge on any atom is -0.383 e. The first-order valence-corrected chi connectivity index (χ1v) is 5.53. The Bertz CT molecular complexity index is 412. The zero-order valence-electron chi connectivity index (χ0n) is 10.3. The molecule has 92 valence electrons. The Morgan fingerprint density at radius 2 is 2.18 bits per heavy atom. The van der Waals surface area contributed by atoms with Gasteiger partial charge in [-0.05, 0) is 24.1 Å². The van der Waals surface area contributed by atoms with Crippen molar-refractivity contribution in [2.24, 2.45) is 5.92 Å². The third-order valence-corrected chi connectivity index (χ3v) is 2.59. The number of rotatable bonds is 5. The molecular weight excluding hydrogens is 219 g/mol. The second-order valence-electron chi connectivity index (χ2n) is 4.26. The molecular formula is C13H17FN2O. The van der Waals surface area contributed by atoms with Gasteiger partial charge in [-0.25, -0.2) is 4.39 Å². The lowest BCUT2D eigenvalue weighted by Gasteiger charge is -2.22. The van der Waals surface area contributed by atoms with E-state index in [1.807, 2.05) is 0 Å². The molecule has 0 amide bonds. The molecule has 1 aromatic rings. The average Bonchev–Trinajstić information content (AvgIpc) is 2.28. The van der Waals surface area contributed by atoms with Crippen LogP contribution in [0, 0.1) is 23.1 Å². The van der Waals surface area contributed by atoms with Crippen molar-refractivity contribution >= 4 is 5.69 Å². The van der Waals surface area contributed by atoms with E-state index in [-0.39, 0.29) is 11.6 Å². The van der Waals surface area contributed by atoms with Crippen molar-refractivity contribution in [1.82, 2.24) is 0 Å². The van der Waals surface area contributed by atoms with Crippen LogP contribution in [0.4, 0.5) is 10.1 Å². The quantitative estimate of drug-likeness (QED) is 0.855. The largest absolute Gasteiger partial charge is 0.383 e. The fourth-order valence-corrected chi connectivity index (χ4v) is 1.49. The average molecular weight is 236 g/mol. The Balaban J connectivity index is 2.80. The smallest absolute Gasteiger partial charge is 0.143 e. The van der Waals surface area contributed by atoms with E-state index in [1.165, 1.54) is 12.1 Å². The van der Waals surface area contributed by atoms with Gasteiger partial charge in [0.15, 0.2) is 0 Å². The number of halogens is 1. The lowest BCUT2D eigenvalue weighted by molar-refractivity contribution is 0.171. The van der Waals surface area contributed by atoms with Gasteiger partial charge in [0.1, 0.15) is 11.9 Å². The maximum absolute atomic E-state index is 13.4. The van der Waals surface area contributed by atoms with Crippen LogP contribution in [0.3, 0.4) is 0 Å². The Hall–Kier alpha value is -1.60. The molecule has 0 heterocycles. The maximum atomic E-state index is 13.4. The van der Waals surface area contributed by atoms with Crippen molar-refractivity contribution in [1.29, 1.82) is 5.26 Å². The highest BCUT2D eigenvalue weighted by molar-refractivity contribution is 5.48. The fourth-order valence-electron chi connectivity index (χ4n) is 1.49. The van der Waals surface area contributed by atoms with Crippen molar-refractivity contribution in [3.8, 4) is 6.07 Å². The minimum atomic E-state index is -0.502. The number of nitriles is 1. The third kappa shape index (κ3) is 3.72. The van der Waals surface area contributed by atoms with Crippen LogP contribution in [-0.2, 0) is 4.74 Å². The molecule has 0 bridgehead atoms. The van der Waals surface area contributed by atoms with Crippen LogP contribution in [0.25, 0.3) is 0 Å². The molecule has 1 unspecified atom stereocenters. The van der Waals surface area contributed by atoms with E-state index in [9.17, 15) is 4.39 Å². The van der Waals surface area contributed by atoms with Crippen LogP contribution in [-0.4, -0.2) is 19.8 Å². The summed E-state index contributed by atoms with van der Waals surface area (Å²) in [5, 5.41) is 11.8. The number of hydrogen-bond acceptors (Lipinski definition) is 3. The maximum Gasteiger partial charge on any atom is 0.143 e. The van der Waals surface area contributed by atoms with E-state index in [0.29, 0.717) is 18.2 Å². The molecule has 0 spiro atoms. The molecule has 0 aliphatic carbocycles. The summed E-state index contributed by atoms with van der Waals surface area (Å²) in [5.74, 6) is -0.133. The summed E-state index contributed by atoms with van der Waals surface area (Å²) in [7, 11) is 1.64. The number of anilines is 1. The predicted octanol–water partition coefficient (Wildman–Crippen LogP) is 2.78. The fraction of sp³-hybridized carbons (Fsp3) is 0.462. The molecule has 0 aromatic heterocycles. The summed E-state index contributed by atoms with van der Waals surface area (Å²) in [6.45, 7) is 4.69. The van der Waals surface area contributed by atoms with E-state index in [2.05, 4.69) is 19.2 Å². The molecule has 1 N–H and O–H groups in total. The van der Waals surface area contributed by atoms with E-state index in [4.69, 9.17) is 10.00 Å². The molecule has 1 rings (SSSR count). The van der Waals surface area contributed by atoms with Crippen molar-refractivity contribution in [2.45, 2.75) is 19.9 Å². The Kier molecular flexibility index (Phi) is 4.92. The summed E-state index contributed by atoms with van der Waals surface area (Å²) in [5.41, 5.74) is 0.723. The topological polar surface area (TPSA) is 45.0 Å². The first-order valence-electron chi connectivity index (χ1n) is 5.53. The first kappa shape index (κ1) is 13.5. The number of nitrogens with zero attached hydrogens (tertiary/aromatic N) is 1. The van der Waals surface area contributed by atoms with Gasteiger partial charge in [0.2, 0.25) is 0 Å². The van der Waals surface area contributed by atoms with Crippen LogP contribution in [0.5, 0.6) is 0 Å². The molecule has 3 nitrogen and oxygen atoms in total. The first-order chi connectivity index (χ1) is 8.08. The van der Waals surface area contributed by atoms with Crippen LogP contribution >= 0.6 is 0 Å². The second-order valence-corrected chi connectivity index (χ2v) is 4.26. The summed E-state index contributed by atoms with van der Waals surface area (Å²) in [6, 6.07) is 6.43. The molecule has 0 aliphatic heterocycles. The molecule has 0 saturated heterocycles. The van der Waals surface area contributed by atoms with Crippen molar-refractivity contribution in [3.63, 3.8) is 0 Å². The summed E-state index contributed by atoms with van der Waals surface area (Å²) < 4.78 is 18.5. The van der Waals surface area contributed by atoms with E-state index in [1.54, 1.807) is 19.2 Å². The SMILES string of the molecule is COCC(Nc1ccc(C#N)c(F)c1)C(C)C. The number of hydrogen-bond donors (Lipinski definition) is 1. The van der Waals surface area contributed by atoms with Gasteiger partial charge in [-0.15, -0.1) is 0 Å². The van der Waals surface area contributed by atoms with E-state index >= 15 is 0 Å². The lowest BCUT2D eigenvalue weighted by atomic mass is 10.0. The van der Waals surface area contributed by atoms with Crippen molar-refractivity contribution in [2.75, 3.05) is 19.0 Å². The van der Waals surface area contributed by atoms with Crippen molar-refractivity contribution in [3.05, 3.63) is 29.6 Å². The highest BCUT2D eigenvalue weighted by Gasteiger charge is 2.13. The predicted molar refractivity (Wildman–Crippen MR) is 65.2 cm³/mol. The molecule has 0 radical (unpaired) electrons. The minimum absolute atomic E-state index is 0.0587. The lowest BCUT2D eigenvalue weighted by Crippen LogP contribution is -2.30. The number of benzene rings is 1. The molecule has 4 heteroatoms. The molecule has 1 aromatic carbocycles. The summed E-state index contributed by atoms with van der Waals surface area (Å²) in [6.07, 6.45) is 0. The monoisotopic (exact) mass is 236 g/mol. The number of ether oxygens (including phenoxy) is 1. The Labute approximate surface area is 101 Å². The van der Waals surface area contributed by atoms with Gasteiger partial charge in [0.05, 0.1) is 18.2 Å². The number of methoxy groups -OCH3 is 1. The number of nitrogens with one attached hydrogen (secondary N) is 1. The molecule has 1 atom stereocenters. The van der Waals surface area contributed by atoms with Crippen LogP contribution < -0.4 is 5.32 Å². The van der Waals surface area contributed by atoms with Gasteiger partial charge in [0, 0.05) is 12.8 Å². The van der Waals surface area contributed by atoms with E-state index in [0.717, 1.165) is 0 Å². The van der Waals surface area contributed by atoms with Gasteiger partial charge in [-0.3, -0.25) is 0 Å². The third-order valence-electron chi connectivity index (χ3n) is 2.59. The highest BCUT2D eigenvalue weighted by atomic mass is 19.1. The van der Waals surface area contributed by atoms with Gasteiger partial charge < -0.3 is 10.1 Å².